The molecule has 0 saturated carbocycles. The van der Waals surface area contributed by atoms with Crippen LogP contribution in [0.1, 0.15) is 0 Å². The highest BCUT2D eigenvalue weighted by molar-refractivity contribution is 7.26. The minimum absolute atomic E-state index is 1.10. The van der Waals surface area contributed by atoms with Gasteiger partial charge in [-0.2, -0.15) is 0 Å². The number of hydrogen-bond acceptors (Lipinski definition) is 3. The molecule has 2 nitrogen and oxygen atoms in total. The molecule has 0 aliphatic rings. The predicted molar refractivity (Wildman–Crippen MR) is 313 cm³/mol. The van der Waals surface area contributed by atoms with E-state index in [1.807, 2.05) is 22.7 Å². The fourth-order valence-corrected chi connectivity index (χ4v) is 13.9. The maximum Gasteiger partial charge on any atom is 0.0555 e. The quantitative estimate of drug-likeness (QED) is 0.145. The molecule has 72 heavy (non-hydrogen) atoms. The van der Waals surface area contributed by atoms with Gasteiger partial charge in [0.25, 0.3) is 0 Å². The maximum atomic E-state index is 2.48. The fourth-order valence-electron chi connectivity index (χ4n) is 11.6. The standard InChI is InChI=1S/C68H42N2S2/c1-2-18-50-46(15-1)42-59(54-20-4-3-19-53(50)54)44-33-37-48(38-34-44)69(47-35-31-43(32-36-47)51-25-14-30-65-66(51)57-23-7-11-28-63(57)71-65)62-40-39-52(68-67(62)58-24-8-12-29-64(58)72-68)45-16-13-17-49(41-45)70-60-26-9-5-21-55(60)56-22-6-10-27-61(56)70/h1-42H. The van der Waals surface area contributed by atoms with E-state index in [-0.39, 0.29) is 0 Å². The summed E-state index contributed by atoms with van der Waals surface area (Å²) < 4.78 is 7.58. The largest absolute Gasteiger partial charge is 0.310 e. The Morgan fingerprint density at radius 1 is 0.306 bits per heavy atom. The van der Waals surface area contributed by atoms with Crippen molar-refractivity contribution in [1.82, 2.24) is 4.57 Å². The summed E-state index contributed by atoms with van der Waals surface area (Å²) in [6.07, 6.45) is 0. The first kappa shape index (κ1) is 41.0. The zero-order valence-electron chi connectivity index (χ0n) is 39.0. The van der Waals surface area contributed by atoms with Gasteiger partial charge in [0.2, 0.25) is 0 Å². The number of rotatable bonds is 7. The van der Waals surface area contributed by atoms with Crippen LogP contribution < -0.4 is 4.90 Å². The van der Waals surface area contributed by atoms with Crippen molar-refractivity contribution in [2.24, 2.45) is 0 Å². The summed E-state index contributed by atoms with van der Waals surface area (Å²) in [5, 5.41) is 12.7. The molecule has 15 aromatic rings. The Balaban J connectivity index is 0.920. The number of para-hydroxylation sites is 2. The van der Waals surface area contributed by atoms with Crippen molar-refractivity contribution in [3.05, 3.63) is 255 Å². The summed E-state index contributed by atoms with van der Waals surface area (Å²) in [5.74, 6) is 0. The van der Waals surface area contributed by atoms with Crippen LogP contribution >= 0.6 is 22.7 Å². The molecule has 4 heteroatoms. The molecule has 0 N–H and O–H groups in total. The third-order valence-electron chi connectivity index (χ3n) is 14.8. The Hall–Kier alpha value is -8.80. The summed E-state index contributed by atoms with van der Waals surface area (Å²) in [6.45, 7) is 0. The number of hydrogen-bond donors (Lipinski definition) is 0. The minimum Gasteiger partial charge on any atom is -0.310 e. The first-order chi connectivity index (χ1) is 35.7. The zero-order valence-corrected chi connectivity index (χ0v) is 40.6. The molecule has 0 spiro atoms. The van der Waals surface area contributed by atoms with E-state index in [9.17, 15) is 0 Å². The zero-order chi connectivity index (χ0) is 47.3. The maximum absolute atomic E-state index is 2.48. The van der Waals surface area contributed by atoms with Crippen LogP contribution in [0.3, 0.4) is 0 Å². The Morgan fingerprint density at radius 2 is 0.847 bits per heavy atom. The minimum atomic E-state index is 1.10. The van der Waals surface area contributed by atoms with Crippen LogP contribution in [0.25, 0.3) is 123 Å². The van der Waals surface area contributed by atoms with Gasteiger partial charge < -0.3 is 9.47 Å². The molecule has 0 aliphatic carbocycles. The van der Waals surface area contributed by atoms with E-state index in [1.54, 1.807) is 0 Å². The SMILES string of the molecule is c1cc(-c2ccc(N(c3ccc(-c4cc5ccccc5c5ccccc45)cc3)c3ccc(-c4cccc5sc6ccccc6c45)cc3)c3c2sc2ccccc23)cc(-n2c3ccccc3c3ccccc32)c1. The summed E-state index contributed by atoms with van der Waals surface area (Å²) in [7, 11) is 0. The van der Waals surface area contributed by atoms with Crippen molar-refractivity contribution < 1.29 is 0 Å². The molecule has 0 atom stereocenters. The molecule has 15 rings (SSSR count). The lowest BCUT2D eigenvalue weighted by atomic mass is 9.93. The lowest BCUT2D eigenvalue weighted by Crippen LogP contribution is -2.10. The van der Waals surface area contributed by atoms with Crippen LogP contribution in [0.4, 0.5) is 17.1 Å². The van der Waals surface area contributed by atoms with Crippen molar-refractivity contribution in [3.8, 4) is 39.1 Å². The van der Waals surface area contributed by atoms with E-state index < -0.39 is 0 Å². The molecule has 0 unspecified atom stereocenters. The fraction of sp³-hybridized carbons (Fsp3) is 0. The summed E-state index contributed by atoms with van der Waals surface area (Å²) in [4.78, 5) is 2.48. The van der Waals surface area contributed by atoms with E-state index in [0.29, 0.717) is 0 Å². The Labute approximate surface area is 424 Å². The highest BCUT2D eigenvalue weighted by Crippen LogP contribution is 2.50. The average Bonchev–Trinajstić information content (AvgIpc) is 4.14. The summed E-state index contributed by atoms with van der Waals surface area (Å²) in [5.41, 5.74) is 14.2. The molecule has 0 bridgehead atoms. The van der Waals surface area contributed by atoms with Crippen LogP contribution in [-0.4, -0.2) is 4.57 Å². The molecule has 12 aromatic carbocycles. The van der Waals surface area contributed by atoms with Crippen molar-refractivity contribution >= 4 is 123 Å². The predicted octanol–water partition coefficient (Wildman–Crippen LogP) is 20.3. The molecule has 0 radical (unpaired) electrons. The monoisotopic (exact) mass is 950 g/mol. The molecule has 0 aliphatic heterocycles. The van der Waals surface area contributed by atoms with Crippen molar-refractivity contribution in [2.75, 3.05) is 4.90 Å². The number of nitrogens with zero attached hydrogens (tertiary/aromatic N) is 2. The molecule has 0 amide bonds. The topological polar surface area (TPSA) is 8.17 Å². The number of anilines is 3. The lowest BCUT2D eigenvalue weighted by Gasteiger charge is -2.27. The Bertz CT molecular complexity index is 4580. The van der Waals surface area contributed by atoms with Gasteiger partial charge in [0.1, 0.15) is 0 Å². The van der Waals surface area contributed by atoms with Gasteiger partial charge in [-0.25, -0.2) is 0 Å². The molecule has 3 heterocycles. The van der Waals surface area contributed by atoms with Crippen LogP contribution in [0.5, 0.6) is 0 Å². The van der Waals surface area contributed by atoms with Gasteiger partial charge in [0.15, 0.2) is 0 Å². The van der Waals surface area contributed by atoms with Gasteiger partial charge in [-0.3, -0.25) is 0 Å². The molecule has 3 aromatic heterocycles. The number of fused-ring (bicyclic) bond motifs is 12. The third-order valence-corrected chi connectivity index (χ3v) is 17.1. The van der Waals surface area contributed by atoms with Crippen molar-refractivity contribution in [1.29, 1.82) is 0 Å². The second-order valence-electron chi connectivity index (χ2n) is 18.8. The van der Waals surface area contributed by atoms with E-state index in [4.69, 9.17) is 0 Å². The molecule has 0 saturated heterocycles. The Kier molecular flexibility index (Phi) is 9.34. The van der Waals surface area contributed by atoms with Gasteiger partial charge in [-0.15, -0.1) is 22.7 Å². The third kappa shape index (κ3) is 6.40. The average molecular weight is 951 g/mol. The van der Waals surface area contributed by atoms with E-state index >= 15 is 0 Å². The van der Waals surface area contributed by atoms with Crippen molar-refractivity contribution in [3.63, 3.8) is 0 Å². The first-order valence-corrected chi connectivity index (χ1v) is 26.2. The first-order valence-electron chi connectivity index (χ1n) is 24.6. The highest BCUT2D eigenvalue weighted by Gasteiger charge is 2.23. The van der Waals surface area contributed by atoms with E-state index in [2.05, 4.69) is 264 Å². The van der Waals surface area contributed by atoms with E-state index in [1.165, 1.54) is 117 Å². The molecular formula is C68H42N2S2. The van der Waals surface area contributed by atoms with Gasteiger partial charge >= 0.3 is 0 Å². The summed E-state index contributed by atoms with van der Waals surface area (Å²) in [6, 6.07) is 94.3. The highest BCUT2D eigenvalue weighted by atomic mass is 32.1. The number of thiophene rings is 2. The second kappa shape index (κ2) is 16.4. The smallest absolute Gasteiger partial charge is 0.0555 e. The number of aromatic nitrogens is 1. The van der Waals surface area contributed by atoms with Gasteiger partial charge in [0.05, 0.1) is 16.7 Å². The van der Waals surface area contributed by atoms with E-state index in [0.717, 1.165) is 22.7 Å². The van der Waals surface area contributed by atoms with Crippen LogP contribution in [0, 0.1) is 0 Å². The second-order valence-corrected chi connectivity index (χ2v) is 20.9. The lowest BCUT2D eigenvalue weighted by molar-refractivity contribution is 1.18. The molecule has 0 fully saturated rings. The van der Waals surface area contributed by atoms with Crippen LogP contribution in [-0.2, 0) is 0 Å². The normalized spacial score (nSPS) is 11.9. The molecular weight excluding hydrogens is 909 g/mol. The van der Waals surface area contributed by atoms with Crippen molar-refractivity contribution in [2.45, 2.75) is 0 Å². The Morgan fingerprint density at radius 3 is 1.56 bits per heavy atom. The van der Waals surface area contributed by atoms with Crippen LogP contribution in [0.15, 0.2) is 255 Å². The summed E-state index contributed by atoms with van der Waals surface area (Å²) >= 11 is 3.75. The van der Waals surface area contributed by atoms with Gasteiger partial charge in [-0.1, -0.05) is 176 Å². The molecule has 336 valence electrons. The van der Waals surface area contributed by atoms with Gasteiger partial charge in [0, 0.05) is 68.2 Å². The van der Waals surface area contributed by atoms with Crippen LogP contribution in [0.2, 0.25) is 0 Å². The van der Waals surface area contributed by atoms with Gasteiger partial charge in [-0.05, 0) is 134 Å². The number of benzene rings is 12.